The van der Waals surface area contributed by atoms with Gasteiger partial charge in [0.05, 0.1) is 31.1 Å². The molecule has 4 heterocycles. The van der Waals surface area contributed by atoms with Gasteiger partial charge in [0.2, 0.25) is 11.6 Å². The van der Waals surface area contributed by atoms with Crippen LogP contribution in [0.3, 0.4) is 0 Å². The van der Waals surface area contributed by atoms with Crippen LogP contribution in [-0.4, -0.2) is 48.5 Å². The van der Waals surface area contributed by atoms with Crippen molar-refractivity contribution < 1.29 is 22.6 Å². The maximum absolute atomic E-state index is 14.0. The van der Waals surface area contributed by atoms with Crippen molar-refractivity contribution in [2.24, 2.45) is 7.05 Å². The predicted octanol–water partition coefficient (Wildman–Crippen LogP) is 4.75. The number of hydrogen-bond donors (Lipinski definition) is 1. The third-order valence-electron chi connectivity index (χ3n) is 5.55. The molecule has 1 fully saturated rings. The van der Waals surface area contributed by atoms with Crippen LogP contribution in [0, 0.1) is 0 Å². The molecule has 0 radical (unpaired) electrons. The van der Waals surface area contributed by atoms with E-state index in [1.807, 2.05) is 0 Å². The van der Waals surface area contributed by atoms with E-state index in [4.69, 9.17) is 21.1 Å². The molecule has 1 unspecified atom stereocenters. The zero-order valence-corrected chi connectivity index (χ0v) is 19.4. The van der Waals surface area contributed by atoms with Gasteiger partial charge in [-0.15, -0.1) is 10.2 Å². The topological polar surface area (TPSA) is 105 Å². The first-order valence-electron chi connectivity index (χ1n) is 10.7. The van der Waals surface area contributed by atoms with Crippen molar-refractivity contribution in [1.82, 2.24) is 34.7 Å². The van der Waals surface area contributed by atoms with E-state index >= 15 is 0 Å². The molecule has 0 aliphatic carbocycles. The second-order valence-electron chi connectivity index (χ2n) is 7.90. The number of nitrogens with one attached hydrogen (secondary N) is 1. The van der Waals surface area contributed by atoms with Crippen molar-refractivity contribution in [1.29, 1.82) is 0 Å². The van der Waals surface area contributed by atoms with Gasteiger partial charge in [-0.3, -0.25) is 4.57 Å². The van der Waals surface area contributed by atoms with Crippen LogP contribution in [0.15, 0.2) is 24.3 Å². The molecule has 1 N–H and O–H groups in total. The van der Waals surface area contributed by atoms with E-state index in [1.54, 1.807) is 25.2 Å². The first-order chi connectivity index (χ1) is 16.8. The Balaban J connectivity index is 1.65. The third-order valence-corrected chi connectivity index (χ3v) is 5.75. The van der Waals surface area contributed by atoms with Crippen molar-refractivity contribution in [3.05, 3.63) is 35.2 Å². The minimum absolute atomic E-state index is 0.000910. The maximum Gasteiger partial charge on any atom is 0.449 e. The van der Waals surface area contributed by atoms with Gasteiger partial charge in [0, 0.05) is 12.7 Å². The van der Waals surface area contributed by atoms with Crippen LogP contribution >= 0.6 is 11.6 Å². The Kier molecular flexibility index (Phi) is 5.97. The number of ether oxygens (including phenoxy) is 2. The van der Waals surface area contributed by atoms with Gasteiger partial charge in [-0.05, 0) is 36.6 Å². The molecule has 35 heavy (non-hydrogen) atoms. The van der Waals surface area contributed by atoms with Crippen LogP contribution < -0.4 is 10.1 Å². The summed E-state index contributed by atoms with van der Waals surface area (Å²) < 4.78 is 54.2. The quantitative estimate of drug-likeness (QED) is 0.385. The van der Waals surface area contributed by atoms with Crippen molar-refractivity contribution in [2.75, 3.05) is 19.0 Å². The lowest BCUT2D eigenvalue weighted by atomic mass is 10.1. The second-order valence-corrected chi connectivity index (χ2v) is 8.29. The number of nitrogens with zero attached hydrogens (tertiary/aromatic N) is 7. The minimum Gasteiger partial charge on any atom is -0.494 e. The number of halogens is 4. The first-order valence-corrected chi connectivity index (χ1v) is 11.1. The number of aromatic nitrogens is 7. The van der Waals surface area contributed by atoms with Gasteiger partial charge in [0.1, 0.15) is 16.9 Å². The number of aryl methyl sites for hydroxylation is 1. The molecule has 1 aliphatic rings. The zero-order chi connectivity index (χ0) is 24.7. The summed E-state index contributed by atoms with van der Waals surface area (Å²) in [5.74, 6) is -0.404. The lowest BCUT2D eigenvalue weighted by Crippen LogP contribution is -2.24. The molecular formula is C21H20ClF3N8O2. The van der Waals surface area contributed by atoms with Gasteiger partial charge in [-0.2, -0.15) is 18.0 Å². The molecule has 10 nitrogen and oxygen atoms in total. The largest absolute Gasteiger partial charge is 0.494 e. The van der Waals surface area contributed by atoms with Crippen LogP contribution in [0.1, 0.15) is 31.3 Å². The van der Waals surface area contributed by atoms with Crippen LogP contribution in [0.5, 0.6) is 5.75 Å². The Labute approximate surface area is 202 Å². The number of hydrogen-bond acceptors (Lipinski definition) is 8. The van der Waals surface area contributed by atoms with Gasteiger partial charge in [-0.25, -0.2) is 9.97 Å². The van der Waals surface area contributed by atoms with Gasteiger partial charge < -0.3 is 14.8 Å². The molecule has 4 aromatic rings. The molecule has 1 atom stereocenters. The molecule has 184 valence electrons. The molecule has 5 rings (SSSR count). The average molecular weight is 509 g/mol. The zero-order valence-electron chi connectivity index (χ0n) is 18.7. The molecule has 0 saturated carbocycles. The van der Waals surface area contributed by atoms with Gasteiger partial charge in [-0.1, -0.05) is 17.7 Å². The molecule has 1 aromatic carbocycles. The fourth-order valence-corrected chi connectivity index (χ4v) is 4.29. The maximum atomic E-state index is 14.0. The number of anilines is 2. The van der Waals surface area contributed by atoms with Crippen molar-refractivity contribution in [3.63, 3.8) is 0 Å². The van der Waals surface area contributed by atoms with Gasteiger partial charge >= 0.3 is 6.18 Å². The highest BCUT2D eigenvalue weighted by atomic mass is 35.5. The van der Waals surface area contributed by atoms with Crippen LogP contribution in [-0.2, 0) is 18.0 Å². The minimum atomic E-state index is -4.72. The smallest absolute Gasteiger partial charge is 0.449 e. The van der Waals surface area contributed by atoms with Crippen molar-refractivity contribution in [2.45, 2.75) is 31.7 Å². The Morgan fingerprint density at radius 1 is 1.20 bits per heavy atom. The Bertz CT molecular complexity index is 1380. The number of benzene rings is 1. The van der Waals surface area contributed by atoms with Crippen LogP contribution in [0.2, 0.25) is 5.15 Å². The predicted molar refractivity (Wildman–Crippen MR) is 120 cm³/mol. The molecule has 0 amide bonds. The number of rotatable bonds is 5. The molecule has 3 aromatic heterocycles. The lowest BCUT2D eigenvalue weighted by molar-refractivity contribution is -0.153. The summed E-state index contributed by atoms with van der Waals surface area (Å²) in [6.07, 6.45) is -3.65. The molecule has 0 spiro atoms. The number of tetrazole rings is 1. The van der Waals surface area contributed by atoms with E-state index in [0.717, 1.165) is 17.4 Å². The van der Waals surface area contributed by atoms with Gasteiger partial charge in [0.25, 0.3) is 0 Å². The second kappa shape index (κ2) is 8.96. The van der Waals surface area contributed by atoms with Crippen LogP contribution in [0.4, 0.5) is 24.5 Å². The average Bonchev–Trinajstić information content (AvgIpc) is 3.43. The summed E-state index contributed by atoms with van der Waals surface area (Å²) in [5, 5.41) is 15.1. The van der Waals surface area contributed by atoms with E-state index < -0.39 is 18.2 Å². The Morgan fingerprint density at radius 2 is 2.03 bits per heavy atom. The summed E-state index contributed by atoms with van der Waals surface area (Å²) in [6.45, 7) is 0.355. The van der Waals surface area contributed by atoms with E-state index in [9.17, 15) is 13.2 Å². The number of alkyl halides is 3. The van der Waals surface area contributed by atoms with E-state index in [0.29, 0.717) is 35.9 Å². The highest BCUT2D eigenvalue weighted by Crippen LogP contribution is 2.41. The van der Waals surface area contributed by atoms with Crippen molar-refractivity contribution >= 4 is 34.1 Å². The van der Waals surface area contributed by atoms with E-state index in [-0.39, 0.29) is 22.0 Å². The van der Waals surface area contributed by atoms with Crippen molar-refractivity contribution in [3.8, 4) is 17.1 Å². The van der Waals surface area contributed by atoms with E-state index in [1.165, 1.54) is 18.0 Å². The van der Waals surface area contributed by atoms with E-state index in [2.05, 4.69) is 30.7 Å². The molecule has 1 aliphatic heterocycles. The molecular weight excluding hydrogens is 489 g/mol. The molecule has 14 heteroatoms. The number of imidazole rings is 1. The number of fused-ring (bicyclic) bond motifs is 1. The fourth-order valence-electron chi connectivity index (χ4n) is 4.10. The normalized spacial score (nSPS) is 16.6. The highest BCUT2D eigenvalue weighted by molar-refractivity contribution is 6.30. The summed E-state index contributed by atoms with van der Waals surface area (Å²) in [7, 11) is 3.10. The standard InChI is InChI=1S/C21H20ClF3N8O2/c1-32-30-18(29-31-32)11-6-5-7-12(17(11)34-2)26-13-10-14(22)27-19-16(13)28-20(21(23,24)25)33(19)15-8-3-4-9-35-15/h5-7,10,15H,3-4,8-9H2,1-2H3,(H,26,27). The lowest BCUT2D eigenvalue weighted by Gasteiger charge is -2.26. The summed E-state index contributed by atoms with van der Waals surface area (Å²) >= 11 is 6.25. The molecule has 0 bridgehead atoms. The summed E-state index contributed by atoms with van der Waals surface area (Å²) in [6, 6.07) is 6.58. The Hall–Kier alpha value is -3.45. The number of pyridine rings is 1. The third kappa shape index (κ3) is 4.36. The SMILES string of the molecule is COc1c(Nc2cc(Cl)nc3c2nc(C(F)(F)F)n3C2CCCCO2)cccc1-c1nnn(C)n1. The highest BCUT2D eigenvalue weighted by Gasteiger charge is 2.41. The first kappa shape index (κ1) is 23.3. The van der Waals surface area contributed by atoms with Crippen LogP contribution in [0.25, 0.3) is 22.6 Å². The monoisotopic (exact) mass is 508 g/mol. The summed E-state index contributed by atoms with van der Waals surface area (Å²) in [4.78, 5) is 9.42. The fraction of sp³-hybridized carbons (Fsp3) is 0.381. The summed E-state index contributed by atoms with van der Waals surface area (Å²) in [5.41, 5.74) is 1.19. The Morgan fingerprint density at radius 3 is 2.69 bits per heavy atom. The van der Waals surface area contributed by atoms with Gasteiger partial charge in [0.15, 0.2) is 11.4 Å². The number of para-hydroxylation sites is 1. The molecule has 1 saturated heterocycles. The number of methoxy groups -OCH3 is 1.